The van der Waals surface area contributed by atoms with E-state index in [9.17, 15) is 18.0 Å². The van der Waals surface area contributed by atoms with Gasteiger partial charge < -0.3 is 10.2 Å². The van der Waals surface area contributed by atoms with E-state index in [1.807, 2.05) is 0 Å². The van der Waals surface area contributed by atoms with E-state index in [0.29, 0.717) is 30.0 Å². The van der Waals surface area contributed by atoms with E-state index in [1.54, 1.807) is 25.1 Å². The first-order valence-corrected chi connectivity index (χ1v) is 11.1. The van der Waals surface area contributed by atoms with Gasteiger partial charge in [0.15, 0.2) is 0 Å². The molecule has 7 nitrogen and oxygen atoms in total. The van der Waals surface area contributed by atoms with Crippen molar-refractivity contribution in [3.8, 4) is 0 Å². The predicted octanol–water partition coefficient (Wildman–Crippen LogP) is 3.19. The van der Waals surface area contributed by atoms with Crippen LogP contribution in [-0.2, 0) is 14.8 Å². The molecule has 0 spiro atoms. The van der Waals surface area contributed by atoms with Crippen molar-refractivity contribution < 1.29 is 18.0 Å². The van der Waals surface area contributed by atoms with Crippen LogP contribution in [0.15, 0.2) is 41.3 Å². The van der Waals surface area contributed by atoms with Crippen LogP contribution in [0, 0.1) is 6.92 Å². The summed E-state index contributed by atoms with van der Waals surface area (Å²) in [7, 11) is -3.92. The van der Waals surface area contributed by atoms with E-state index in [2.05, 4.69) is 5.32 Å². The highest BCUT2D eigenvalue weighted by atomic mass is 35.5. The Morgan fingerprint density at radius 3 is 2.59 bits per heavy atom. The molecule has 2 aromatic rings. The van der Waals surface area contributed by atoms with Gasteiger partial charge in [0.25, 0.3) is 5.91 Å². The van der Waals surface area contributed by atoms with E-state index in [1.165, 1.54) is 23.1 Å². The highest BCUT2D eigenvalue weighted by molar-refractivity contribution is 7.89. The number of carbonyl (C=O) groups excluding carboxylic acids is 2. The van der Waals surface area contributed by atoms with Gasteiger partial charge in [-0.25, -0.2) is 13.6 Å². The SMILES string of the molecule is Cc1ccc(NC(=O)C2CCCN2C(=O)c2cc(Cl)ccc2Cl)cc1S(N)(=O)=O. The van der Waals surface area contributed by atoms with Gasteiger partial charge in [-0.2, -0.15) is 0 Å². The molecule has 0 aromatic heterocycles. The molecule has 1 aliphatic rings. The number of rotatable bonds is 4. The summed E-state index contributed by atoms with van der Waals surface area (Å²) < 4.78 is 23.4. The van der Waals surface area contributed by atoms with Crippen molar-refractivity contribution in [2.75, 3.05) is 11.9 Å². The number of benzene rings is 2. The first kappa shape index (κ1) is 21.6. The molecule has 0 bridgehead atoms. The summed E-state index contributed by atoms with van der Waals surface area (Å²) in [5.41, 5.74) is 0.981. The lowest BCUT2D eigenvalue weighted by molar-refractivity contribution is -0.119. The summed E-state index contributed by atoms with van der Waals surface area (Å²) in [4.78, 5) is 27.1. The fourth-order valence-electron chi connectivity index (χ4n) is 3.31. The quantitative estimate of drug-likeness (QED) is 0.736. The zero-order valence-electron chi connectivity index (χ0n) is 15.5. The van der Waals surface area contributed by atoms with Crippen LogP contribution >= 0.6 is 23.2 Å². The van der Waals surface area contributed by atoms with Gasteiger partial charge in [0.1, 0.15) is 6.04 Å². The lowest BCUT2D eigenvalue weighted by Crippen LogP contribution is -2.43. The Morgan fingerprint density at radius 1 is 1.17 bits per heavy atom. The Morgan fingerprint density at radius 2 is 1.90 bits per heavy atom. The van der Waals surface area contributed by atoms with Crippen molar-refractivity contribution in [3.63, 3.8) is 0 Å². The lowest BCUT2D eigenvalue weighted by atomic mass is 10.1. The van der Waals surface area contributed by atoms with Gasteiger partial charge in [-0.3, -0.25) is 9.59 Å². The van der Waals surface area contributed by atoms with Gasteiger partial charge in [0.2, 0.25) is 15.9 Å². The molecule has 1 heterocycles. The number of nitrogens with zero attached hydrogens (tertiary/aromatic N) is 1. The molecule has 29 heavy (non-hydrogen) atoms. The highest BCUT2D eigenvalue weighted by Gasteiger charge is 2.35. The third-order valence-corrected chi connectivity index (χ3v) is 6.35. The van der Waals surface area contributed by atoms with Gasteiger partial charge in [-0.1, -0.05) is 29.3 Å². The first-order valence-electron chi connectivity index (χ1n) is 8.78. The number of primary sulfonamides is 1. The predicted molar refractivity (Wildman–Crippen MR) is 112 cm³/mol. The van der Waals surface area contributed by atoms with Crippen LogP contribution in [0.25, 0.3) is 0 Å². The Hall–Kier alpha value is -2.13. The minimum Gasteiger partial charge on any atom is -0.327 e. The summed E-state index contributed by atoms with van der Waals surface area (Å²) in [5, 5.41) is 8.51. The van der Waals surface area contributed by atoms with Crippen LogP contribution in [0.3, 0.4) is 0 Å². The van der Waals surface area contributed by atoms with Crippen molar-refractivity contribution in [2.45, 2.75) is 30.7 Å². The molecule has 0 saturated carbocycles. The molecular weight excluding hydrogens is 437 g/mol. The zero-order valence-corrected chi connectivity index (χ0v) is 17.8. The highest BCUT2D eigenvalue weighted by Crippen LogP contribution is 2.27. The lowest BCUT2D eigenvalue weighted by Gasteiger charge is -2.24. The monoisotopic (exact) mass is 455 g/mol. The van der Waals surface area contributed by atoms with E-state index < -0.39 is 22.0 Å². The average Bonchev–Trinajstić information content (AvgIpc) is 3.13. The summed E-state index contributed by atoms with van der Waals surface area (Å²) >= 11 is 12.1. The maximum absolute atomic E-state index is 12.9. The number of likely N-dealkylation sites (tertiary alicyclic amines) is 1. The standard InChI is InChI=1S/C19H19Cl2N3O4S/c1-11-4-6-13(10-17(11)29(22,27)28)23-18(25)16-3-2-8-24(16)19(26)14-9-12(20)5-7-15(14)21/h4-7,9-10,16H,2-3,8H2,1H3,(H,23,25)(H2,22,27,28). The van der Waals surface area contributed by atoms with Crippen LogP contribution in [-0.4, -0.2) is 37.7 Å². The van der Waals surface area contributed by atoms with Gasteiger partial charge in [-0.15, -0.1) is 0 Å². The van der Waals surface area contributed by atoms with Gasteiger partial charge >= 0.3 is 0 Å². The van der Waals surface area contributed by atoms with Crippen LogP contribution in [0.2, 0.25) is 10.0 Å². The molecule has 154 valence electrons. The molecule has 1 unspecified atom stereocenters. The maximum atomic E-state index is 12.9. The smallest absolute Gasteiger partial charge is 0.256 e. The largest absolute Gasteiger partial charge is 0.327 e. The number of aryl methyl sites for hydroxylation is 1. The van der Waals surface area contributed by atoms with E-state index in [4.69, 9.17) is 28.3 Å². The molecule has 0 aliphatic carbocycles. The zero-order chi connectivity index (χ0) is 21.3. The van der Waals surface area contributed by atoms with Gasteiger partial charge in [0.05, 0.1) is 15.5 Å². The molecule has 1 saturated heterocycles. The Labute approximate surface area is 178 Å². The minimum atomic E-state index is -3.92. The first-order chi connectivity index (χ1) is 13.6. The number of halogens is 2. The van der Waals surface area contributed by atoms with E-state index in [-0.39, 0.29) is 27.1 Å². The number of carbonyl (C=O) groups is 2. The third kappa shape index (κ3) is 4.72. The number of sulfonamides is 1. The second-order valence-corrected chi connectivity index (χ2v) is 9.17. The Balaban J connectivity index is 1.82. The molecule has 2 aromatic carbocycles. The molecular formula is C19H19Cl2N3O4S. The second-order valence-electron chi connectivity index (χ2n) is 6.80. The van der Waals surface area contributed by atoms with Gasteiger partial charge in [0, 0.05) is 17.3 Å². The van der Waals surface area contributed by atoms with Gasteiger partial charge in [-0.05, 0) is 55.7 Å². The van der Waals surface area contributed by atoms with E-state index in [0.717, 1.165) is 0 Å². The third-order valence-electron chi connectivity index (χ3n) is 4.74. The van der Waals surface area contributed by atoms with Crippen molar-refractivity contribution in [1.82, 2.24) is 4.90 Å². The topological polar surface area (TPSA) is 110 Å². The Kier molecular flexibility index (Phi) is 6.19. The van der Waals surface area contributed by atoms with Crippen molar-refractivity contribution in [2.24, 2.45) is 5.14 Å². The normalized spacial score (nSPS) is 16.7. The molecule has 1 fully saturated rings. The number of anilines is 1. The molecule has 10 heteroatoms. The Bertz CT molecular complexity index is 1090. The average molecular weight is 456 g/mol. The van der Waals surface area contributed by atoms with Crippen LogP contribution in [0.5, 0.6) is 0 Å². The van der Waals surface area contributed by atoms with Crippen molar-refractivity contribution >= 4 is 50.7 Å². The van der Waals surface area contributed by atoms with Crippen molar-refractivity contribution in [3.05, 3.63) is 57.6 Å². The molecule has 0 radical (unpaired) electrons. The number of nitrogens with one attached hydrogen (secondary N) is 1. The fourth-order valence-corrected chi connectivity index (χ4v) is 4.49. The summed E-state index contributed by atoms with van der Waals surface area (Å²) in [6.45, 7) is 2.01. The second kappa shape index (κ2) is 8.31. The van der Waals surface area contributed by atoms with Crippen LogP contribution < -0.4 is 10.5 Å². The molecule has 2 amide bonds. The molecule has 1 atom stereocenters. The summed E-state index contributed by atoms with van der Waals surface area (Å²) in [6, 6.07) is 8.31. The molecule has 3 rings (SSSR count). The number of amides is 2. The van der Waals surface area contributed by atoms with Crippen molar-refractivity contribution in [1.29, 1.82) is 0 Å². The minimum absolute atomic E-state index is 0.0691. The number of hydrogen-bond donors (Lipinski definition) is 2. The van der Waals surface area contributed by atoms with Crippen LogP contribution in [0.4, 0.5) is 5.69 Å². The maximum Gasteiger partial charge on any atom is 0.256 e. The van der Waals surface area contributed by atoms with Crippen LogP contribution in [0.1, 0.15) is 28.8 Å². The summed E-state index contributed by atoms with van der Waals surface area (Å²) in [5.74, 6) is -0.803. The molecule has 1 aliphatic heterocycles. The van der Waals surface area contributed by atoms with E-state index >= 15 is 0 Å². The fraction of sp³-hybridized carbons (Fsp3) is 0.263. The molecule has 3 N–H and O–H groups in total. The summed E-state index contributed by atoms with van der Waals surface area (Å²) in [6.07, 6.45) is 1.13. The number of nitrogens with two attached hydrogens (primary N) is 1. The number of hydrogen-bond acceptors (Lipinski definition) is 4.